The van der Waals surface area contributed by atoms with Crippen molar-refractivity contribution in [2.45, 2.75) is 19.8 Å². The van der Waals surface area contributed by atoms with Gasteiger partial charge in [0.25, 0.3) is 0 Å². The Morgan fingerprint density at radius 2 is 2.38 bits per heavy atom. The molecule has 1 aliphatic rings. The van der Waals surface area contributed by atoms with Gasteiger partial charge in [-0.25, -0.2) is 0 Å². The van der Waals surface area contributed by atoms with E-state index in [1.165, 1.54) is 6.42 Å². The van der Waals surface area contributed by atoms with Gasteiger partial charge < -0.3 is 9.47 Å². The standard InChI is InChI=1S/C10H19BrO2/c1-9(3-5-12-2)10(7-11)4-6-13-8-10/h9H,3-8H2,1-2H3. The van der Waals surface area contributed by atoms with Crippen LogP contribution in [-0.2, 0) is 9.47 Å². The molecule has 0 saturated carbocycles. The summed E-state index contributed by atoms with van der Waals surface area (Å²) >= 11 is 3.61. The normalized spacial score (nSPS) is 30.7. The molecular formula is C10H19BrO2. The molecule has 1 saturated heterocycles. The molecule has 0 aromatic heterocycles. The van der Waals surface area contributed by atoms with Gasteiger partial charge in [-0.2, -0.15) is 0 Å². The minimum Gasteiger partial charge on any atom is -0.385 e. The van der Waals surface area contributed by atoms with Crippen molar-refractivity contribution >= 4 is 15.9 Å². The summed E-state index contributed by atoms with van der Waals surface area (Å²) in [6, 6.07) is 0. The third kappa shape index (κ3) is 2.67. The zero-order valence-electron chi connectivity index (χ0n) is 8.51. The topological polar surface area (TPSA) is 18.5 Å². The van der Waals surface area contributed by atoms with E-state index >= 15 is 0 Å². The van der Waals surface area contributed by atoms with E-state index in [9.17, 15) is 0 Å². The van der Waals surface area contributed by atoms with Crippen LogP contribution in [0.15, 0.2) is 0 Å². The molecule has 0 bridgehead atoms. The van der Waals surface area contributed by atoms with Gasteiger partial charge in [0.05, 0.1) is 6.61 Å². The minimum atomic E-state index is 0.360. The van der Waals surface area contributed by atoms with E-state index in [-0.39, 0.29) is 0 Å². The van der Waals surface area contributed by atoms with E-state index in [4.69, 9.17) is 9.47 Å². The van der Waals surface area contributed by atoms with Crippen LogP contribution in [0.5, 0.6) is 0 Å². The number of rotatable bonds is 5. The van der Waals surface area contributed by atoms with Gasteiger partial charge in [-0.3, -0.25) is 0 Å². The van der Waals surface area contributed by atoms with E-state index in [1.54, 1.807) is 7.11 Å². The highest BCUT2D eigenvalue weighted by molar-refractivity contribution is 9.09. The SMILES string of the molecule is COCCC(C)C1(CBr)CCOC1. The highest BCUT2D eigenvalue weighted by atomic mass is 79.9. The van der Waals surface area contributed by atoms with Crippen molar-refractivity contribution in [3.8, 4) is 0 Å². The van der Waals surface area contributed by atoms with Gasteiger partial charge in [0.2, 0.25) is 0 Å². The average molecular weight is 251 g/mol. The van der Waals surface area contributed by atoms with Crippen molar-refractivity contribution < 1.29 is 9.47 Å². The molecule has 2 atom stereocenters. The third-order valence-electron chi connectivity index (χ3n) is 3.20. The molecule has 2 nitrogen and oxygen atoms in total. The first-order chi connectivity index (χ1) is 6.25. The number of halogens is 1. The summed E-state index contributed by atoms with van der Waals surface area (Å²) < 4.78 is 10.6. The Kier molecular flexibility index (Phi) is 4.70. The summed E-state index contributed by atoms with van der Waals surface area (Å²) in [5.41, 5.74) is 0.360. The Morgan fingerprint density at radius 3 is 2.85 bits per heavy atom. The largest absolute Gasteiger partial charge is 0.385 e. The first kappa shape index (κ1) is 11.5. The number of hydrogen-bond donors (Lipinski definition) is 0. The zero-order valence-corrected chi connectivity index (χ0v) is 10.1. The van der Waals surface area contributed by atoms with Crippen LogP contribution in [0.4, 0.5) is 0 Å². The van der Waals surface area contributed by atoms with Crippen molar-refractivity contribution in [1.82, 2.24) is 0 Å². The molecule has 0 N–H and O–H groups in total. The molecule has 2 unspecified atom stereocenters. The second-order valence-electron chi connectivity index (χ2n) is 3.98. The lowest BCUT2D eigenvalue weighted by Gasteiger charge is -2.32. The predicted molar refractivity (Wildman–Crippen MR) is 57.3 cm³/mol. The molecule has 1 aliphatic heterocycles. The van der Waals surface area contributed by atoms with Crippen LogP contribution in [-0.4, -0.2) is 32.3 Å². The summed E-state index contributed by atoms with van der Waals surface area (Å²) in [6.45, 7) is 4.98. The predicted octanol–water partition coefficient (Wildman–Crippen LogP) is 2.46. The maximum Gasteiger partial charge on any atom is 0.0533 e. The van der Waals surface area contributed by atoms with Crippen LogP contribution < -0.4 is 0 Å². The number of ether oxygens (including phenoxy) is 2. The Bertz CT molecular complexity index is 144. The van der Waals surface area contributed by atoms with Crippen LogP contribution in [0.1, 0.15) is 19.8 Å². The molecule has 0 aliphatic carbocycles. The number of alkyl halides is 1. The van der Waals surface area contributed by atoms with Gasteiger partial charge in [-0.05, 0) is 18.8 Å². The molecule has 0 amide bonds. The first-order valence-electron chi connectivity index (χ1n) is 4.88. The quantitative estimate of drug-likeness (QED) is 0.699. The van der Waals surface area contributed by atoms with E-state index in [2.05, 4.69) is 22.9 Å². The van der Waals surface area contributed by atoms with Gasteiger partial charge in [0, 0.05) is 31.1 Å². The van der Waals surface area contributed by atoms with Crippen molar-refractivity contribution in [1.29, 1.82) is 0 Å². The monoisotopic (exact) mass is 250 g/mol. The van der Waals surface area contributed by atoms with Gasteiger partial charge in [-0.15, -0.1) is 0 Å². The molecule has 0 radical (unpaired) electrons. The highest BCUT2D eigenvalue weighted by Gasteiger charge is 2.38. The molecular weight excluding hydrogens is 232 g/mol. The Labute approximate surface area is 89.1 Å². The summed E-state index contributed by atoms with van der Waals surface area (Å²) in [7, 11) is 1.76. The minimum absolute atomic E-state index is 0.360. The number of hydrogen-bond acceptors (Lipinski definition) is 2. The smallest absolute Gasteiger partial charge is 0.0533 e. The molecule has 78 valence electrons. The second kappa shape index (κ2) is 5.32. The summed E-state index contributed by atoms with van der Waals surface area (Å²) in [5, 5.41) is 1.05. The van der Waals surface area contributed by atoms with Crippen LogP contribution >= 0.6 is 15.9 Å². The van der Waals surface area contributed by atoms with Crippen molar-refractivity contribution in [3.05, 3.63) is 0 Å². The lowest BCUT2D eigenvalue weighted by atomic mass is 9.76. The second-order valence-corrected chi connectivity index (χ2v) is 4.54. The fraction of sp³-hybridized carbons (Fsp3) is 1.00. The molecule has 0 aromatic carbocycles. The van der Waals surface area contributed by atoms with E-state index in [1.807, 2.05) is 0 Å². The molecule has 1 rings (SSSR count). The van der Waals surface area contributed by atoms with Gasteiger partial charge in [0.15, 0.2) is 0 Å². The van der Waals surface area contributed by atoms with Crippen molar-refractivity contribution in [2.24, 2.45) is 11.3 Å². The molecule has 1 heterocycles. The molecule has 1 fully saturated rings. The summed E-state index contributed by atoms with van der Waals surface area (Å²) in [6.07, 6.45) is 2.31. The lowest BCUT2D eigenvalue weighted by molar-refractivity contribution is 0.103. The van der Waals surface area contributed by atoms with Crippen LogP contribution in [0, 0.1) is 11.3 Å². The molecule has 0 spiro atoms. The molecule has 0 aromatic rings. The first-order valence-corrected chi connectivity index (χ1v) is 6.00. The third-order valence-corrected chi connectivity index (χ3v) is 4.32. The van der Waals surface area contributed by atoms with Crippen LogP contribution in [0.3, 0.4) is 0 Å². The summed E-state index contributed by atoms with van der Waals surface area (Å²) in [4.78, 5) is 0. The summed E-state index contributed by atoms with van der Waals surface area (Å²) in [5.74, 6) is 0.675. The van der Waals surface area contributed by atoms with Gasteiger partial charge >= 0.3 is 0 Å². The fourth-order valence-electron chi connectivity index (χ4n) is 1.85. The fourth-order valence-corrected chi connectivity index (χ4v) is 2.84. The zero-order chi connectivity index (χ0) is 9.73. The van der Waals surface area contributed by atoms with Crippen LogP contribution in [0.2, 0.25) is 0 Å². The Balaban J connectivity index is 2.44. The maximum absolute atomic E-state index is 5.48. The van der Waals surface area contributed by atoms with E-state index in [0.29, 0.717) is 11.3 Å². The molecule has 13 heavy (non-hydrogen) atoms. The maximum atomic E-state index is 5.48. The van der Waals surface area contributed by atoms with Crippen LogP contribution in [0.25, 0.3) is 0 Å². The van der Waals surface area contributed by atoms with E-state index in [0.717, 1.165) is 31.6 Å². The van der Waals surface area contributed by atoms with Gasteiger partial charge in [0.1, 0.15) is 0 Å². The van der Waals surface area contributed by atoms with Crippen molar-refractivity contribution in [2.75, 3.05) is 32.3 Å². The number of methoxy groups -OCH3 is 1. The Hall–Kier alpha value is 0.400. The van der Waals surface area contributed by atoms with E-state index < -0.39 is 0 Å². The highest BCUT2D eigenvalue weighted by Crippen LogP contribution is 2.39. The lowest BCUT2D eigenvalue weighted by Crippen LogP contribution is -2.31. The van der Waals surface area contributed by atoms with Gasteiger partial charge in [-0.1, -0.05) is 22.9 Å². The average Bonchev–Trinajstić information content (AvgIpc) is 2.63. The van der Waals surface area contributed by atoms with Crippen molar-refractivity contribution in [3.63, 3.8) is 0 Å². The Morgan fingerprint density at radius 1 is 1.62 bits per heavy atom. The molecule has 3 heteroatoms.